The molecule has 0 fully saturated rings. The van der Waals surface area contributed by atoms with Gasteiger partial charge in [0, 0.05) is 6.20 Å². The van der Waals surface area contributed by atoms with Crippen LogP contribution in [0, 0.1) is 11.8 Å². The number of methoxy groups -OCH3 is 1. The number of nitrogens with zero attached hydrogens (tertiary/aromatic N) is 1. The molecule has 0 N–H and O–H groups in total. The van der Waals surface area contributed by atoms with Crippen LogP contribution in [0.25, 0.3) is 0 Å². The van der Waals surface area contributed by atoms with Crippen molar-refractivity contribution < 1.29 is 14.3 Å². The highest BCUT2D eigenvalue weighted by Gasteiger charge is 2.32. The summed E-state index contributed by atoms with van der Waals surface area (Å²) in [7, 11) is 1.28. The van der Waals surface area contributed by atoms with Crippen LogP contribution in [0.4, 0.5) is 0 Å². The van der Waals surface area contributed by atoms with Crippen LogP contribution in [0.2, 0.25) is 0 Å². The molecular weight excluding hydrogens is 206 g/mol. The van der Waals surface area contributed by atoms with E-state index >= 15 is 0 Å². The lowest BCUT2D eigenvalue weighted by molar-refractivity contribution is -0.144. The molecule has 1 rings (SSSR count). The van der Waals surface area contributed by atoms with Gasteiger partial charge in [-0.25, -0.2) is 0 Å². The van der Waals surface area contributed by atoms with Crippen molar-refractivity contribution in [1.29, 1.82) is 0 Å². The van der Waals surface area contributed by atoms with E-state index in [1.54, 1.807) is 18.2 Å². The van der Waals surface area contributed by atoms with Gasteiger partial charge in [-0.1, -0.05) is 19.9 Å². The van der Waals surface area contributed by atoms with Crippen LogP contribution in [-0.2, 0) is 9.53 Å². The van der Waals surface area contributed by atoms with Gasteiger partial charge in [-0.05, 0) is 18.1 Å². The Kier molecular flexibility index (Phi) is 4.17. The quantitative estimate of drug-likeness (QED) is 0.441. The van der Waals surface area contributed by atoms with E-state index in [0.717, 1.165) is 0 Å². The van der Waals surface area contributed by atoms with Crippen molar-refractivity contribution in [3.8, 4) is 0 Å². The second-order valence-corrected chi connectivity index (χ2v) is 3.82. The zero-order valence-electron chi connectivity index (χ0n) is 9.64. The van der Waals surface area contributed by atoms with E-state index in [-0.39, 0.29) is 11.7 Å². The van der Waals surface area contributed by atoms with Gasteiger partial charge in [0.05, 0.1) is 7.11 Å². The summed E-state index contributed by atoms with van der Waals surface area (Å²) in [5, 5.41) is 0. The molecule has 0 saturated carbocycles. The lowest BCUT2D eigenvalue weighted by Gasteiger charge is -2.16. The fraction of sp³-hybridized carbons (Fsp3) is 0.417. The normalized spacial score (nSPS) is 12.2. The third-order valence-electron chi connectivity index (χ3n) is 2.32. The molecule has 16 heavy (non-hydrogen) atoms. The van der Waals surface area contributed by atoms with E-state index in [0.29, 0.717) is 5.69 Å². The molecule has 0 amide bonds. The summed E-state index contributed by atoms with van der Waals surface area (Å²) in [5.41, 5.74) is 0.298. The van der Waals surface area contributed by atoms with Crippen molar-refractivity contribution in [2.24, 2.45) is 11.8 Å². The standard InChI is InChI=1S/C12H15NO3/c1-8(2)10(12(15)16-3)11(14)9-6-4-5-7-13-9/h4-8,10H,1-3H3. The van der Waals surface area contributed by atoms with Crippen molar-refractivity contribution in [2.45, 2.75) is 13.8 Å². The first-order valence-corrected chi connectivity index (χ1v) is 5.11. The second-order valence-electron chi connectivity index (χ2n) is 3.82. The lowest BCUT2D eigenvalue weighted by atomic mass is 9.90. The molecule has 1 aromatic heterocycles. The van der Waals surface area contributed by atoms with Crippen molar-refractivity contribution >= 4 is 11.8 Å². The number of pyridine rings is 1. The van der Waals surface area contributed by atoms with Crippen LogP contribution >= 0.6 is 0 Å². The average Bonchev–Trinajstić information content (AvgIpc) is 2.29. The third kappa shape index (κ3) is 2.66. The maximum atomic E-state index is 12.0. The molecule has 0 bridgehead atoms. The Hall–Kier alpha value is -1.71. The maximum absolute atomic E-state index is 12.0. The van der Waals surface area contributed by atoms with Crippen molar-refractivity contribution in [2.75, 3.05) is 7.11 Å². The fourth-order valence-corrected chi connectivity index (χ4v) is 1.48. The first kappa shape index (κ1) is 12.4. The summed E-state index contributed by atoms with van der Waals surface area (Å²) in [6, 6.07) is 5.04. The molecule has 1 aromatic rings. The summed E-state index contributed by atoms with van der Waals surface area (Å²) < 4.78 is 4.63. The van der Waals surface area contributed by atoms with Gasteiger partial charge in [0.25, 0.3) is 0 Å². The number of carbonyl (C=O) groups excluding carboxylic acids is 2. The number of aromatic nitrogens is 1. The highest BCUT2D eigenvalue weighted by Crippen LogP contribution is 2.17. The van der Waals surface area contributed by atoms with E-state index in [1.807, 2.05) is 13.8 Å². The monoisotopic (exact) mass is 221 g/mol. The van der Waals surface area contributed by atoms with Gasteiger partial charge in [-0.3, -0.25) is 14.6 Å². The summed E-state index contributed by atoms with van der Waals surface area (Å²) in [4.78, 5) is 27.5. The van der Waals surface area contributed by atoms with E-state index in [1.165, 1.54) is 13.3 Å². The van der Waals surface area contributed by atoms with Crippen LogP contribution in [0.5, 0.6) is 0 Å². The highest BCUT2D eigenvalue weighted by atomic mass is 16.5. The molecule has 4 heteroatoms. The molecular formula is C12H15NO3. The van der Waals surface area contributed by atoms with E-state index in [4.69, 9.17) is 0 Å². The van der Waals surface area contributed by atoms with E-state index < -0.39 is 11.9 Å². The SMILES string of the molecule is COC(=O)C(C(=O)c1ccccn1)C(C)C. The molecule has 0 radical (unpaired) electrons. The van der Waals surface area contributed by atoms with Crippen LogP contribution in [0.3, 0.4) is 0 Å². The first-order chi connectivity index (χ1) is 7.57. The minimum atomic E-state index is -0.778. The molecule has 4 nitrogen and oxygen atoms in total. The molecule has 1 unspecified atom stereocenters. The first-order valence-electron chi connectivity index (χ1n) is 5.11. The van der Waals surface area contributed by atoms with Gasteiger partial charge >= 0.3 is 5.97 Å². The number of esters is 1. The average molecular weight is 221 g/mol. The van der Waals surface area contributed by atoms with Crippen molar-refractivity contribution in [1.82, 2.24) is 4.98 Å². The van der Waals surface area contributed by atoms with E-state index in [2.05, 4.69) is 9.72 Å². The molecule has 1 atom stereocenters. The van der Waals surface area contributed by atoms with Gasteiger partial charge in [0.2, 0.25) is 0 Å². The number of carbonyl (C=O) groups is 2. The predicted octanol–water partition coefficient (Wildman–Crippen LogP) is 1.71. The molecule has 0 aliphatic heterocycles. The minimum absolute atomic E-state index is 0.109. The Morgan fingerprint density at radius 3 is 2.44 bits per heavy atom. The molecule has 0 spiro atoms. The summed E-state index contributed by atoms with van der Waals surface area (Å²) in [6.45, 7) is 3.62. The minimum Gasteiger partial charge on any atom is -0.468 e. The van der Waals surface area contributed by atoms with Gasteiger partial charge in [-0.2, -0.15) is 0 Å². The molecule has 86 valence electrons. The highest BCUT2D eigenvalue weighted by molar-refractivity contribution is 6.07. The smallest absolute Gasteiger partial charge is 0.316 e. The maximum Gasteiger partial charge on any atom is 0.316 e. The molecule has 1 heterocycles. The molecule has 0 aromatic carbocycles. The zero-order valence-corrected chi connectivity index (χ0v) is 9.64. The van der Waals surface area contributed by atoms with Gasteiger partial charge in [-0.15, -0.1) is 0 Å². The topological polar surface area (TPSA) is 56.3 Å². The van der Waals surface area contributed by atoms with Crippen molar-refractivity contribution in [3.63, 3.8) is 0 Å². The second kappa shape index (κ2) is 5.39. The summed E-state index contributed by atoms with van der Waals surface area (Å²) in [5.74, 6) is -1.69. The molecule has 0 saturated heterocycles. The number of hydrogen-bond acceptors (Lipinski definition) is 4. The Morgan fingerprint density at radius 2 is 2.00 bits per heavy atom. The largest absolute Gasteiger partial charge is 0.468 e. The summed E-state index contributed by atoms with van der Waals surface area (Å²) in [6.07, 6.45) is 1.53. The van der Waals surface area contributed by atoms with Crippen molar-refractivity contribution in [3.05, 3.63) is 30.1 Å². The number of hydrogen-bond donors (Lipinski definition) is 0. The molecule has 0 aliphatic carbocycles. The lowest BCUT2D eigenvalue weighted by Crippen LogP contribution is -2.30. The van der Waals surface area contributed by atoms with Crippen LogP contribution < -0.4 is 0 Å². The Labute approximate surface area is 94.6 Å². The number of ketones is 1. The van der Waals surface area contributed by atoms with Crippen LogP contribution in [-0.4, -0.2) is 23.8 Å². The molecule has 0 aliphatic rings. The number of rotatable bonds is 4. The Bertz CT molecular complexity index is 373. The fourth-order valence-electron chi connectivity index (χ4n) is 1.48. The number of Topliss-reactive ketones (excluding diaryl/α,β-unsaturated/α-hetero) is 1. The van der Waals surface area contributed by atoms with Gasteiger partial charge in [0.1, 0.15) is 11.6 Å². The Morgan fingerprint density at radius 1 is 1.31 bits per heavy atom. The zero-order chi connectivity index (χ0) is 12.1. The van der Waals surface area contributed by atoms with Crippen LogP contribution in [0.1, 0.15) is 24.3 Å². The predicted molar refractivity (Wildman–Crippen MR) is 58.9 cm³/mol. The third-order valence-corrected chi connectivity index (χ3v) is 2.32. The van der Waals surface area contributed by atoms with Crippen LogP contribution in [0.15, 0.2) is 24.4 Å². The number of ether oxygens (including phenoxy) is 1. The summed E-state index contributed by atoms with van der Waals surface area (Å²) >= 11 is 0. The van der Waals surface area contributed by atoms with Gasteiger partial charge in [0.15, 0.2) is 5.78 Å². The van der Waals surface area contributed by atoms with Gasteiger partial charge < -0.3 is 4.74 Å². The van der Waals surface area contributed by atoms with E-state index in [9.17, 15) is 9.59 Å². The Balaban J connectivity index is 2.97.